The van der Waals surface area contributed by atoms with Crippen LogP contribution in [0.4, 0.5) is 5.82 Å². The van der Waals surface area contributed by atoms with Gasteiger partial charge in [0, 0.05) is 0 Å². The Labute approximate surface area is 127 Å². The molecule has 0 fully saturated rings. The molecule has 6 nitrogen and oxygen atoms in total. The summed E-state index contributed by atoms with van der Waals surface area (Å²) >= 11 is 1.34. The Morgan fingerprint density at radius 1 is 1.43 bits per heavy atom. The van der Waals surface area contributed by atoms with E-state index in [4.69, 9.17) is 15.2 Å². The normalized spacial score (nSPS) is 10.4. The number of hydrogen-bond acceptors (Lipinski definition) is 6. The molecule has 0 bridgehead atoms. The van der Waals surface area contributed by atoms with Crippen molar-refractivity contribution in [3.05, 3.63) is 29.8 Å². The van der Waals surface area contributed by atoms with Crippen LogP contribution in [0.5, 0.6) is 5.75 Å². The summed E-state index contributed by atoms with van der Waals surface area (Å²) in [5.74, 6) is 0.387. The molecule has 0 atom stereocenters. The molecule has 1 aromatic carbocycles. The van der Waals surface area contributed by atoms with Crippen molar-refractivity contribution in [3.8, 4) is 11.4 Å². The minimum absolute atomic E-state index is 0.238. The number of rotatable bonds is 5. The molecule has 0 saturated heterocycles. The van der Waals surface area contributed by atoms with Crippen molar-refractivity contribution in [1.82, 2.24) is 9.78 Å². The smallest absolute Gasteiger partial charge is 0.344 e. The fourth-order valence-electron chi connectivity index (χ4n) is 1.94. The van der Waals surface area contributed by atoms with Crippen molar-refractivity contribution in [1.29, 1.82) is 0 Å². The van der Waals surface area contributed by atoms with Crippen LogP contribution in [0, 0.1) is 0 Å². The molecule has 7 heteroatoms. The van der Waals surface area contributed by atoms with Gasteiger partial charge < -0.3 is 15.2 Å². The van der Waals surface area contributed by atoms with Crippen molar-refractivity contribution in [3.63, 3.8) is 0 Å². The topological polar surface area (TPSA) is 79.4 Å². The van der Waals surface area contributed by atoms with Crippen molar-refractivity contribution >= 4 is 23.5 Å². The zero-order chi connectivity index (χ0) is 15.4. The number of nitrogens with two attached hydrogens (primary N) is 1. The number of aromatic nitrogens is 2. The lowest BCUT2D eigenvalue weighted by Gasteiger charge is -2.09. The highest BCUT2D eigenvalue weighted by Crippen LogP contribution is 2.31. The number of methoxy groups -OCH3 is 1. The Balaban J connectivity index is 2.58. The number of hydrogen-bond donors (Lipinski definition) is 1. The summed E-state index contributed by atoms with van der Waals surface area (Å²) in [5, 5.41) is 4.91. The second-order valence-corrected chi connectivity index (χ2v) is 4.87. The van der Waals surface area contributed by atoms with Crippen LogP contribution >= 0.6 is 11.8 Å². The monoisotopic (exact) mass is 307 g/mol. The van der Waals surface area contributed by atoms with Crippen LogP contribution in [0.3, 0.4) is 0 Å². The van der Waals surface area contributed by atoms with Crippen molar-refractivity contribution in [2.45, 2.75) is 11.9 Å². The minimum atomic E-state index is -0.472. The van der Waals surface area contributed by atoms with Crippen LogP contribution in [0.2, 0.25) is 0 Å². The van der Waals surface area contributed by atoms with E-state index in [0.29, 0.717) is 16.5 Å². The van der Waals surface area contributed by atoms with Gasteiger partial charge in [0.05, 0.1) is 13.7 Å². The van der Waals surface area contributed by atoms with Crippen LogP contribution < -0.4 is 10.5 Å². The van der Waals surface area contributed by atoms with Gasteiger partial charge in [0.1, 0.15) is 27.8 Å². The molecular weight excluding hydrogens is 290 g/mol. The Kier molecular flexibility index (Phi) is 4.74. The van der Waals surface area contributed by atoms with Crippen molar-refractivity contribution in [2.75, 3.05) is 25.7 Å². The summed E-state index contributed by atoms with van der Waals surface area (Å²) in [4.78, 5) is 12.0. The van der Waals surface area contributed by atoms with Crippen LogP contribution in [0.15, 0.2) is 29.3 Å². The van der Waals surface area contributed by atoms with E-state index in [1.807, 2.05) is 24.5 Å². The number of ether oxygens (including phenoxy) is 2. The third-order valence-electron chi connectivity index (χ3n) is 2.88. The summed E-state index contributed by atoms with van der Waals surface area (Å²) in [5.41, 5.74) is 7.05. The van der Waals surface area contributed by atoms with Gasteiger partial charge in [-0.25, -0.2) is 9.48 Å². The van der Waals surface area contributed by atoms with E-state index in [9.17, 15) is 4.79 Å². The van der Waals surface area contributed by atoms with Gasteiger partial charge in [0.15, 0.2) is 0 Å². The standard InChI is InChI=1S/C14H17N3O3S/c1-4-20-14(18)11-12(15)17(16-13(11)21-3)9-7-5-6-8-10(9)19-2/h5-8H,4,15H2,1-3H3. The number of esters is 1. The number of para-hydroxylation sites is 2. The van der Waals surface area contributed by atoms with Gasteiger partial charge in [-0.15, -0.1) is 11.8 Å². The summed E-state index contributed by atoms with van der Waals surface area (Å²) in [7, 11) is 1.57. The molecule has 2 aromatic rings. The maximum atomic E-state index is 12.0. The first-order valence-corrected chi connectivity index (χ1v) is 7.59. The molecule has 2 N–H and O–H groups in total. The molecule has 112 valence electrons. The van der Waals surface area contributed by atoms with E-state index in [1.54, 1.807) is 20.1 Å². The molecule has 1 aromatic heterocycles. The van der Waals surface area contributed by atoms with Crippen molar-refractivity contribution in [2.24, 2.45) is 0 Å². The number of carbonyl (C=O) groups is 1. The predicted molar refractivity (Wildman–Crippen MR) is 82.3 cm³/mol. The highest BCUT2D eigenvalue weighted by atomic mass is 32.2. The van der Waals surface area contributed by atoms with Gasteiger partial charge >= 0.3 is 5.97 Å². The number of carbonyl (C=O) groups excluding carboxylic acids is 1. The maximum absolute atomic E-state index is 12.0. The molecule has 0 saturated carbocycles. The fourth-order valence-corrected chi connectivity index (χ4v) is 2.49. The molecule has 0 spiro atoms. The Hall–Kier alpha value is -2.15. The molecule has 0 radical (unpaired) electrons. The van der Waals surface area contributed by atoms with Crippen LogP contribution in [-0.4, -0.2) is 35.7 Å². The molecule has 0 unspecified atom stereocenters. The molecule has 0 aliphatic carbocycles. The lowest BCUT2D eigenvalue weighted by atomic mass is 10.3. The third kappa shape index (κ3) is 2.82. The second-order valence-electron chi connectivity index (χ2n) is 4.07. The van der Waals surface area contributed by atoms with Crippen LogP contribution in [0.25, 0.3) is 5.69 Å². The van der Waals surface area contributed by atoms with Gasteiger partial charge in [-0.2, -0.15) is 5.10 Å². The first kappa shape index (κ1) is 15.2. The first-order valence-electron chi connectivity index (χ1n) is 6.37. The van der Waals surface area contributed by atoms with E-state index in [1.165, 1.54) is 16.4 Å². The molecule has 21 heavy (non-hydrogen) atoms. The number of benzene rings is 1. The van der Waals surface area contributed by atoms with E-state index in [-0.39, 0.29) is 18.0 Å². The number of anilines is 1. The van der Waals surface area contributed by atoms with Gasteiger partial charge in [0.2, 0.25) is 0 Å². The number of thioether (sulfide) groups is 1. The zero-order valence-electron chi connectivity index (χ0n) is 12.1. The predicted octanol–water partition coefficient (Wildman–Crippen LogP) is 2.36. The molecular formula is C14H17N3O3S. The Morgan fingerprint density at radius 3 is 2.76 bits per heavy atom. The summed E-state index contributed by atoms with van der Waals surface area (Å²) < 4.78 is 11.8. The van der Waals surface area contributed by atoms with E-state index in [2.05, 4.69) is 5.10 Å². The Morgan fingerprint density at radius 2 is 2.14 bits per heavy atom. The van der Waals surface area contributed by atoms with E-state index < -0.39 is 5.97 Å². The van der Waals surface area contributed by atoms with Gasteiger partial charge in [-0.05, 0) is 25.3 Å². The minimum Gasteiger partial charge on any atom is -0.494 e. The fraction of sp³-hybridized carbons (Fsp3) is 0.286. The highest BCUT2D eigenvalue weighted by Gasteiger charge is 2.24. The first-order chi connectivity index (χ1) is 10.1. The molecule has 1 heterocycles. The highest BCUT2D eigenvalue weighted by molar-refractivity contribution is 7.98. The van der Waals surface area contributed by atoms with Crippen LogP contribution in [-0.2, 0) is 4.74 Å². The molecule has 0 aliphatic rings. The van der Waals surface area contributed by atoms with Gasteiger partial charge in [-0.3, -0.25) is 0 Å². The number of nitrogens with zero attached hydrogens (tertiary/aromatic N) is 2. The summed E-state index contributed by atoms with van der Waals surface area (Å²) in [6.45, 7) is 2.03. The van der Waals surface area contributed by atoms with E-state index in [0.717, 1.165) is 0 Å². The lowest BCUT2D eigenvalue weighted by molar-refractivity contribution is 0.0523. The van der Waals surface area contributed by atoms with Gasteiger partial charge in [-0.1, -0.05) is 12.1 Å². The third-order valence-corrected chi connectivity index (χ3v) is 3.55. The molecule has 2 rings (SSSR count). The second kappa shape index (κ2) is 6.53. The largest absolute Gasteiger partial charge is 0.494 e. The Bertz CT molecular complexity index is 655. The summed E-state index contributed by atoms with van der Waals surface area (Å²) in [6, 6.07) is 7.33. The molecule has 0 amide bonds. The number of nitrogen functional groups attached to an aromatic ring is 1. The zero-order valence-corrected chi connectivity index (χ0v) is 12.9. The summed E-state index contributed by atoms with van der Waals surface area (Å²) in [6.07, 6.45) is 1.83. The lowest BCUT2D eigenvalue weighted by Crippen LogP contribution is -2.09. The average Bonchev–Trinajstić information content (AvgIpc) is 2.84. The van der Waals surface area contributed by atoms with Crippen molar-refractivity contribution < 1.29 is 14.3 Å². The van der Waals surface area contributed by atoms with Crippen LogP contribution in [0.1, 0.15) is 17.3 Å². The quantitative estimate of drug-likeness (QED) is 0.675. The maximum Gasteiger partial charge on any atom is 0.344 e. The SMILES string of the molecule is CCOC(=O)c1c(SC)nn(-c2ccccc2OC)c1N. The molecule has 0 aliphatic heterocycles. The average molecular weight is 307 g/mol. The van der Waals surface area contributed by atoms with E-state index >= 15 is 0 Å². The van der Waals surface area contributed by atoms with Gasteiger partial charge in [0.25, 0.3) is 0 Å².